The summed E-state index contributed by atoms with van der Waals surface area (Å²) in [6.45, 7) is 6.90. The fourth-order valence-electron chi connectivity index (χ4n) is 2.68. The summed E-state index contributed by atoms with van der Waals surface area (Å²) < 4.78 is 1.30. The molecule has 2 aromatic rings. The maximum Gasteiger partial charge on any atom is 0.354 e. The molecule has 112 valence electrons. The number of aromatic nitrogens is 3. The van der Waals surface area contributed by atoms with Crippen molar-refractivity contribution in [2.24, 2.45) is 0 Å². The van der Waals surface area contributed by atoms with Crippen LogP contribution in [0.5, 0.6) is 0 Å². The number of hydrogen-bond acceptors (Lipinski definition) is 6. The van der Waals surface area contributed by atoms with Crippen LogP contribution in [0.2, 0.25) is 0 Å². The van der Waals surface area contributed by atoms with Gasteiger partial charge in [0.15, 0.2) is 11.3 Å². The Labute approximate surface area is 121 Å². The number of aromatic carboxylic acids is 1. The highest BCUT2D eigenvalue weighted by Gasteiger charge is 2.21. The van der Waals surface area contributed by atoms with Crippen molar-refractivity contribution < 1.29 is 9.90 Å². The zero-order valence-electron chi connectivity index (χ0n) is 11.9. The van der Waals surface area contributed by atoms with Gasteiger partial charge in [0, 0.05) is 26.2 Å². The van der Waals surface area contributed by atoms with Gasteiger partial charge in [-0.15, -0.1) is 5.10 Å². The molecule has 0 aliphatic carbocycles. The van der Waals surface area contributed by atoms with Crippen molar-refractivity contribution in [1.29, 1.82) is 0 Å². The van der Waals surface area contributed by atoms with E-state index >= 15 is 0 Å². The zero-order valence-corrected chi connectivity index (χ0v) is 11.9. The van der Waals surface area contributed by atoms with Crippen LogP contribution in [0.25, 0.3) is 5.65 Å². The molecule has 1 saturated heterocycles. The van der Waals surface area contributed by atoms with Gasteiger partial charge in [0.25, 0.3) is 0 Å². The third kappa shape index (κ3) is 2.38. The lowest BCUT2D eigenvalue weighted by molar-refractivity contribution is 0.0687. The molecule has 1 fully saturated rings. The Morgan fingerprint density at radius 1 is 1.33 bits per heavy atom. The normalized spacial score (nSPS) is 16.5. The number of nitrogens with zero attached hydrogens (tertiary/aromatic N) is 5. The van der Waals surface area contributed by atoms with Gasteiger partial charge >= 0.3 is 5.97 Å². The summed E-state index contributed by atoms with van der Waals surface area (Å²) in [5.74, 6) is -0.968. The lowest BCUT2D eigenvalue weighted by Crippen LogP contribution is -2.46. The second kappa shape index (κ2) is 5.21. The minimum atomic E-state index is -1.05. The maximum absolute atomic E-state index is 11.2. The van der Waals surface area contributed by atoms with Gasteiger partial charge in [0.05, 0.1) is 5.69 Å². The summed E-state index contributed by atoms with van der Waals surface area (Å²) in [5.41, 5.74) is 7.07. The van der Waals surface area contributed by atoms with E-state index in [1.165, 1.54) is 4.52 Å². The van der Waals surface area contributed by atoms with E-state index in [0.29, 0.717) is 5.65 Å². The molecule has 3 N–H and O–H groups in total. The minimum Gasteiger partial charge on any atom is -0.477 e. The van der Waals surface area contributed by atoms with Crippen molar-refractivity contribution >= 4 is 23.3 Å². The van der Waals surface area contributed by atoms with Gasteiger partial charge in [-0.2, -0.15) is 4.98 Å². The quantitative estimate of drug-likeness (QED) is 0.830. The van der Waals surface area contributed by atoms with Crippen LogP contribution in [-0.2, 0) is 0 Å². The van der Waals surface area contributed by atoms with E-state index in [-0.39, 0.29) is 11.6 Å². The van der Waals surface area contributed by atoms with Crippen LogP contribution in [0.3, 0.4) is 0 Å². The van der Waals surface area contributed by atoms with Gasteiger partial charge in [-0.1, -0.05) is 6.92 Å². The van der Waals surface area contributed by atoms with Crippen LogP contribution >= 0.6 is 0 Å². The topological polar surface area (TPSA) is 100.0 Å². The second-order valence-corrected chi connectivity index (χ2v) is 5.04. The van der Waals surface area contributed by atoms with Crippen LogP contribution in [-0.4, -0.2) is 63.3 Å². The highest BCUT2D eigenvalue weighted by atomic mass is 16.4. The number of pyridine rings is 1. The van der Waals surface area contributed by atoms with E-state index in [1.807, 2.05) is 0 Å². The Hall–Kier alpha value is -2.35. The molecule has 0 atom stereocenters. The number of nitrogen functional groups attached to an aromatic ring is 1. The van der Waals surface area contributed by atoms with Gasteiger partial charge in [-0.25, -0.2) is 9.31 Å². The number of piperazine rings is 1. The Morgan fingerprint density at radius 2 is 2.05 bits per heavy atom. The van der Waals surface area contributed by atoms with E-state index < -0.39 is 5.97 Å². The number of carbonyl (C=O) groups is 1. The van der Waals surface area contributed by atoms with E-state index in [1.54, 1.807) is 12.1 Å². The third-order valence-corrected chi connectivity index (χ3v) is 3.86. The Morgan fingerprint density at radius 3 is 2.67 bits per heavy atom. The average molecular weight is 290 g/mol. The number of fused-ring (bicyclic) bond motifs is 1. The molecule has 1 aliphatic rings. The zero-order chi connectivity index (χ0) is 15.0. The van der Waals surface area contributed by atoms with E-state index in [0.717, 1.165) is 38.4 Å². The largest absolute Gasteiger partial charge is 0.477 e. The Balaban J connectivity index is 2.00. The van der Waals surface area contributed by atoms with Crippen molar-refractivity contribution in [3.63, 3.8) is 0 Å². The standard InChI is InChI=1S/C13H18N6O2/c1-2-17-5-7-18(8-6-17)9-3-4-10(12(20)21)19-11(9)15-13(14)16-19/h3-4H,2,5-8H2,1H3,(H2,14,16)(H,20,21). The van der Waals surface area contributed by atoms with Gasteiger partial charge in [-0.3, -0.25) is 0 Å². The molecule has 3 rings (SSSR count). The summed E-state index contributed by atoms with van der Waals surface area (Å²) in [6.07, 6.45) is 0. The highest BCUT2D eigenvalue weighted by Crippen LogP contribution is 2.23. The number of nitrogens with two attached hydrogens (primary N) is 1. The van der Waals surface area contributed by atoms with Crippen LogP contribution in [0.1, 0.15) is 17.4 Å². The molecule has 2 aromatic heterocycles. The number of hydrogen-bond donors (Lipinski definition) is 2. The molecule has 0 aromatic carbocycles. The lowest BCUT2D eigenvalue weighted by Gasteiger charge is -2.35. The molecule has 0 radical (unpaired) electrons. The minimum absolute atomic E-state index is 0.0603. The van der Waals surface area contributed by atoms with Gasteiger partial charge in [-0.05, 0) is 18.7 Å². The number of likely N-dealkylation sites (N-methyl/N-ethyl adjacent to an activating group) is 1. The summed E-state index contributed by atoms with van der Waals surface area (Å²) in [6, 6.07) is 3.33. The summed E-state index contributed by atoms with van der Waals surface area (Å²) >= 11 is 0. The molecular formula is C13H18N6O2. The summed E-state index contributed by atoms with van der Waals surface area (Å²) in [4.78, 5) is 20.0. The molecular weight excluding hydrogens is 272 g/mol. The highest BCUT2D eigenvalue weighted by molar-refractivity contribution is 5.88. The third-order valence-electron chi connectivity index (χ3n) is 3.86. The molecule has 0 unspecified atom stereocenters. The molecule has 8 nitrogen and oxygen atoms in total. The first-order chi connectivity index (χ1) is 10.1. The van der Waals surface area contributed by atoms with Crippen LogP contribution in [0.4, 0.5) is 11.6 Å². The first-order valence-corrected chi connectivity index (χ1v) is 6.96. The molecule has 3 heterocycles. The molecule has 0 amide bonds. The smallest absolute Gasteiger partial charge is 0.354 e. The van der Waals surface area contributed by atoms with Crippen LogP contribution < -0.4 is 10.6 Å². The van der Waals surface area contributed by atoms with E-state index in [9.17, 15) is 9.90 Å². The van der Waals surface area contributed by atoms with Gasteiger partial charge < -0.3 is 20.6 Å². The molecule has 0 bridgehead atoms. The average Bonchev–Trinajstić information content (AvgIpc) is 2.87. The van der Waals surface area contributed by atoms with Crippen molar-refractivity contribution in [3.05, 3.63) is 17.8 Å². The number of rotatable bonds is 3. The predicted octanol–water partition coefficient (Wildman–Crippen LogP) is 0.152. The fourth-order valence-corrected chi connectivity index (χ4v) is 2.68. The second-order valence-electron chi connectivity index (χ2n) is 5.04. The monoisotopic (exact) mass is 290 g/mol. The Kier molecular flexibility index (Phi) is 3.38. The molecule has 1 aliphatic heterocycles. The van der Waals surface area contributed by atoms with E-state index in [4.69, 9.17) is 5.73 Å². The molecule has 0 spiro atoms. The van der Waals surface area contributed by atoms with Crippen LogP contribution in [0, 0.1) is 0 Å². The van der Waals surface area contributed by atoms with Crippen molar-refractivity contribution in [1.82, 2.24) is 19.5 Å². The lowest BCUT2D eigenvalue weighted by atomic mass is 10.2. The molecule has 8 heteroatoms. The predicted molar refractivity (Wildman–Crippen MR) is 78.7 cm³/mol. The maximum atomic E-state index is 11.2. The molecule has 21 heavy (non-hydrogen) atoms. The molecule has 0 saturated carbocycles. The summed E-state index contributed by atoms with van der Waals surface area (Å²) in [5, 5.41) is 13.2. The first-order valence-electron chi connectivity index (χ1n) is 6.96. The number of carboxylic acid groups (broad SMARTS) is 1. The van der Waals surface area contributed by atoms with Gasteiger partial charge in [0.2, 0.25) is 5.95 Å². The summed E-state index contributed by atoms with van der Waals surface area (Å²) in [7, 11) is 0. The van der Waals surface area contributed by atoms with Crippen molar-refractivity contribution in [2.75, 3.05) is 43.4 Å². The van der Waals surface area contributed by atoms with Crippen LogP contribution in [0.15, 0.2) is 12.1 Å². The Bertz CT molecular complexity index is 675. The van der Waals surface area contributed by atoms with Gasteiger partial charge in [0.1, 0.15) is 0 Å². The van der Waals surface area contributed by atoms with Crippen molar-refractivity contribution in [2.45, 2.75) is 6.92 Å². The fraction of sp³-hybridized carbons (Fsp3) is 0.462. The number of anilines is 2. The van der Waals surface area contributed by atoms with E-state index in [2.05, 4.69) is 26.8 Å². The van der Waals surface area contributed by atoms with Crippen molar-refractivity contribution in [3.8, 4) is 0 Å². The first kappa shape index (κ1) is 13.6. The SMILES string of the molecule is CCN1CCN(c2ccc(C(=O)O)n3nc(N)nc23)CC1. The number of carboxylic acids is 1.